The van der Waals surface area contributed by atoms with Gasteiger partial charge < -0.3 is 10.6 Å². The molecule has 0 aliphatic carbocycles. The van der Waals surface area contributed by atoms with E-state index in [1.54, 1.807) is 18.3 Å². The fraction of sp³-hybridized carbons (Fsp3) is 0.231. The number of hydrogen-bond donors (Lipinski definition) is 2. The molecule has 0 bridgehead atoms. The predicted molar refractivity (Wildman–Crippen MR) is 83.2 cm³/mol. The van der Waals surface area contributed by atoms with Crippen LogP contribution in [0.1, 0.15) is 13.3 Å². The van der Waals surface area contributed by atoms with Gasteiger partial charge in [-0.05, 0) is 34.5 Å². The van der Waals surface area contributed by atoms with Crippen molar-refractivity contribution in [3.8, 4) is 0 Å². The van der Waals surface area contributed by atoms with Crippen molar-refractivity contribution in [3.05, 3.63) is 39.7 Å². The number of para-hydroxylation sites is 1. The van der Waals surface area contributed by atoms with Crippen molar-refractivity contribution in [2.45, 2.75) is 13.3 Å². The molecule has 0 unspecified atom stereocenters. The molecule has 0 aliphatic heterocycles. The molecule has 0 saturated carbocycles. The van der Waals surface area contributed by atoms with Gasteiger partial charge in [0.15, 0.2) is 5.82 Å². The van der Waals surface area contributed by atoms with E-state index < -0.39 is 5.82 Å². The third-order valence-corrected chi connectivity index (χ3v) is 3.38. The first-order valence-electron chi connectivity index (χ1n) is 6.09. The predicted octanol–water partition coefficient (Wildman–Crippen LogP) is 4.60. The highest BCUT2D eigenvalue weighted by Gasteiger charge is 2.11. The minimum Gasteiger partial charge on any atom is -0.354 e. The van der Waals surface area contributed by atoms with Gasteiger partial charge in [-0.3, -0.25) is 0 Å². The van der Waals surface area contributed by atoms with Crippen LogP contribution >= 0.6 is 27.5 Å². The number of rotatable bonds is 5. The molecule has 106 valence electrons. The normalized spacial score (nSPS) is 10.4. The van der Waals surface area contributed by atoms with E-state index in [2.05, 4.69) is 36.5 Å². The summed E-state index contributed by atoms with van der Waals surface area (Å²) in [6.45, 7) is 2.81. The van der Waals surface area contributed by atoms with Gasteiger partial charge in [0.1, 0.15) is 5.82 Å². The van der Waals surface area contributed by atoms with Gasteiger partial charge in [0.2, 0.25) is 5.95 Å². The maximum Gasteiger partial charge on any atom is 0.224 e. The molecule has 1 aromatic carbocycles. The molecule has 2 N–H and O–H groups in total. The molecular weight excluding hydrogens is 347 g/mol. The Morgan fingerprint density at radius 2 is 2.20 bits per heavy atom. The number of nitrogens with one attached hydrogen (secondary N) is 2. The van der Waals surface area contributed by atoms with Crippen LogP contribution in [0.4, 0.5) is 21.8 Å². The first-order chi connectivity index (χ1) is 9.61. The Labute approximate surface area is 129 Å². The van der Waals surface area contributed by atoms with Gasteiger partial charge in [0.05, 0.1) is 15.2 Å². The van der Waals surface area contributed by atoms with Crippen molar-refractivity contribution in [2.75, 3.05) is 17.2 Å². The van der Waals surface area contributed by atoms with E-state index in [-0.39, 0.29) is 5.69 Å². The number of aromatic nitrogens is 2. The first kappa shape index (κ1) is 15.0. The lowest BCUT2D eigenvalue weighted by atomic mass is 10.3. The topological polar surface area (TPSA) is 49.8 Å². The van der Waals surface area contributed by atoms with Crippen LogP contribution in [-0.2, 0) is 0 Å². The summed E-state index contributed by atoms with van der Waals surface area (Å²) in [6.07, 6.45) is 2.56. The van der Waals surface area contributed by atoms with Crippen LogP contribution in [0.2, 0.25) is 5.02 Å². The Hall–Kier alpha value is -1.40. The molecule has 0 aliphatic rings. The largest absolute Gasteiger partial charge is 0.354 e. The van der Waals surface area contributed by atoms with Crippen LogP contribution in [0, 0.1) is 5.82 Å². The van der Waals surface area contributed by atoms with E-state index in [9.17, 15) is 4.39 Å². The molecule has 0 atom stereocenters. The SMILES string of the molecule is CCCNc1ncc(Br)c(Nc2c(F)cccc2Cl)n1. The molecule has 0 spiro atoms. The summed E-state index contributed by atoms with van der Waals surface area (Å²) in [5.41, 5.74) is 0.190. The van der Waals surface area contributed by atoms with Crippen LogP contribution in [-0.4, -0.2) is 16.5 Å². The van der Waals surface area contributed by atoms with Gasteiger partial charge >= 0.3 is 0 Å². The monoisotopic (exact) mass is 358 g/mol. The van der Waals surface area contributed by atoms with Crippen LogP contribution in [0.3, 0.4) is 0 Å². The van der Waals surface area contributed by atoms with Crippen molar-refractivity contribution >= 4 is 45.0 Å². The summed E-state index contributed by atoms with van der Waals surface area (Å²) in [4.78, 5) is 8.41. The fourth-order valence-electron chi connectivity index (χ4n) is 1.51. The smallest absolute Gasteiger partial charge is 0.224 e. The highest BCUT2D eigenvalue weighted by molar-refractivity contribution is 9.10. The average Bonchev–Trinajstić information content (AvgIpc) is 2.43. The summed E-state index contributed by atoms with van der Waals surface area (Å²) < 4.78 is 14.4. The van der Waals surface area contributed by atoms with Gasteiger partial charge in [-0.25, -0.2) is 9.37 Å². The molecule has 4 nitrogen and oxygen atoms in total. The third kappa shape index (κ3) is 3.58. The molecular formula is C13H13BrClFN4. The van der Waals surface area contributed by atoms with E-state index in [1.807, 2.05) is 6.92 Å². The zero-order valence-electron chi connectivity index (χ0n) is 10.8. The molecule has 0 radical (unpaired) electrons. The van der Waals surface area contributed by atoms with Crippen LogP contribution in [0.15, 0.2) is 28.9 Å². The second kappa shape index (κ2) is 6.85. The average molecular weight is 360 g/mol. The molecule has 20 heavy (non-hydrogen) atoms. The molecule has 2 aromatic rings. The van der Waals surface area contributed by atoms with E-state index in [0.29, 0.717) is 21.3 Å². The summed E-state index contributed by atoms with van der Waals surface area (Å²) in [7, 11) is 0. The lowest BCUT2D eigenvalue weighted by Gasteiger charge is -2.11. The summed E-state index contributed by atoms with van der Waals surface area (Å²) >= 11 is 9.30. The third-order valence-electron chi connectivity index (χ3n) is 2.48. The quantitative estimate of drug-likeness (QED) is 0.819. The van der Waals surface area contributed by atoms with E-state index in [0.717, 1.165) is 13.0 Å². The maximum absolute atomic E-state index is 13.7. The van der Waals surface area contributed by atoms with Gasteiger partial charge in [-0.1, -0.05) is 24.6 Å². The highest BCUT2D eigenvalue weighted by Crippen LogP contribution is 2.30. The highest BCUT2D eigenvalue weighted by atomic mass is 79.9. The molecule has 2 rings (SSSR count). The number of benzene rings is 1. The van der Waals surface area contributed by atoms with Crippen molar-refractivity contribution in [3.63, 3.8) is 0 Å². The molecule has 0 amide bonds. The standard InChI is InChI=1S/C13H13BrClFN4/c1-2-6-17-13-18-7-8(14)12(20-13)19-11-9(15)4-3-5-10(11)16/h3-5,7H,2,6H2,1H3,(H2,17,18,19,20). The number of halogens is 3. The van der Waals surface area contributed by atoms with Gasteiger partial charge in [-0.15, -0.1) is 0 Å². The Balaban J connectivity index is 2.28. The molecule has 1 aromatic heterocycles. The lowest BCUT2D eigenvalue weighted by Crippen LogP contribution is -2.06. The zero-order chi connectivity index (χ0) is 14.5. The minimum atomic E-state index is -0.439. The number of anilines is 3. The van der Waals surface area contributed by atoms with Crippen LogP contribution in [0.25, 0.3) is 0 Å². The van der Waals surface area contributed by atoms with Gasteiger partial charge in [-0.2, -0.15) is 4.98 Å². The molecule has 1 heterocycles. The van der Waals surface area contributed by atoms with Crippen molar-refractivity contribution in [1.82, 2.24) is 9.97 Å². The van der Waals surface area contributed by atoms with Crippen molar-refractivity contribution < 1.29 is 4.39 Å². The van der Waals surface area contributed by atoms with Crippen LogP contribution < -0.4 is 10.6 Å². The minimum absolute atomic E-state index is 0.190. The summed E-state index contributed by atoms with van der Waals surface area (Å²) in [5, 5.41) is 6.24. The van der Waals surface area contributed by atoms with E-state index in [4.69, 9.17) is 11.6 Å². The Kier molecular flexibility index (Phi) is 5.14. The first-order valence-corrected chi connectivity index (χ1v) is 7.26. The zero-order valence-corrected chi connectivity index (χ0v) is 13.1. The van der Waals surface area contributed by atoms with Crippen molar-refractivity contribution in [1.29, 1.82) is 0 Å². The summed E-state index contributed by atoms with van der Waals surface area (Å²) in [6, 6.07) is 4.49. The lowest BCUT2D eigenvalue weighted by molar-refractivity contribution is 0.632. The second-order valence-electron chi connectivity index (χ2n) is 4.04. The molecule has 7 heteroatoms. The van der Waals surface area contributed by atoms with Gasteiger partial charge in [0, 0.05) is 12.7 Å². The van der Waals surface area contributed by atoms with Crippen LogP contribution in [0.5, 0.6) is 0 Å². The second-order valence-corrected chi connectivity index (χ2v) is 5.30. The Bertz CT molecular complexity index is 589. The maximum atomic E-state index is 13.7. The molecule has 0 fully saturated rings. The Morgan fingerprint density at radius 3 is 2.90 bits per heavy atom. The number of nitrogens with zero attached hydrogens (tertiary/aromatic N) is 2. The molecule has 0 saturated heterocycles. The van der Waals surface area contributed by atoms with E-state index in [1.165, 1.54) is 6.07 Å². The van der Waals surface area contributed by atoms with Crippen molar-refractivity contribution in [2.24, 2.45) is 0 Å². The Morgan fingerprint density at radius 1 is 1.40 bits per heavy atom. The summed E-state index contributed by atoms with van der Waals surface area (Å²) in [5.74, 6) is 0.488. The number of hydrogen-bond acceptors (Lipinski definition) is 4. The van der Waals surface area contributed by atoms with Gasteiger partial charge in [0.25, 0.3) is 0 Å². The van der Waals surface area contributed by atoms with E-state index >= 15 is 0 Å². The fourth-order valence-corrected chi connectivity index (χ4v) is 2.01.